The molecule has 1 aliphatic heterocycles. The molecule has 0 spiro atoms. The minimum Gasteiger partial charge on any atom is -0.352 e. The quantitative estimate of drug-likeness (QED) is 0.770. The maximum atomic E-state index is 12.1. The molecule has 4 atom stereocenters. The van der Waals surface area contributed by atoms with Gasteiger partial charge in [0.05, 0.1) is 6.04 Å². The van der Waals surface area contributed by atoms with Crippen molar-refractivity contribution in [3.05, 3.63) is 0 Å². The number of hydrogen-bond acceptors (Lipinski definition) is 2. The van der Waals surface area contributed by atoms with Crippen molar-refractivity contribution in [3.8, 4) is 0 Å². The molecule has 1 aliphatic carbocycles. The molecule has 0 aromatic heterocycles. The molecule has 2 N–H and O–H groups in total. The summed E-state index contributed by atoms with van der Waals surface area (Å²) in [5, 5.41) is 6.55. The van der Waals surface area contributed by atoms with E-state index >= 15 is 0 Å². The summed E-state index contributed by atoms with van der Waals surface area (Å²) in [6, 6.07) is 0.544. The van der Waals surface area contributed by atoms with Gasteiger partial charge >= 0.3 is 0 Å². The van der Waals surface area contributed by atoms with Gasteiger partial charge in [0.15, 0.2) is 0 Å². The number of carbonyl (C=O) groups is 1. The van der Waals surface area contributed by atoms with Crippen molar-refractivity contribution in [1.29, 1.82) is 0 Å². The Balaban J connectivity index is 1.73. The zero-order valence-electron chi connectivity index (χ0n) is 11.2. The van der Waals surface area contributed by atoms with Gasteiger partial charge in [0.1, 0.15) is 0 Å². The molecule has 0 aromatic carbocycles. The van der Waals surface area contributed by atoms with E-state index in [-0.39, 0.29) is 11.9 Å². The third kappa shape index (κ3) is 3.44. The van der Waals surface area contributed by atoms with E-state index in [4.69, 9.17) is 0 Å². The van der Waals surface area contributed by atoms with Crippen LogP contribution in [-0.2, 0) is 4.79 Å². The molecular formula is C14H26N2O. The third-order valence-corrected chi connectivity index (χ3v) is 4.32. The molecule has 4 unspecified atom stereocenters. The summed E-state index contributed by atoms with van der Waals surface area (Å²) in [5.74, 6) is 1.74. The molecule has 98 valence electrons. The molecule has 3 heteroatoms. The van der Waals surface area contributed by atoms with Crippen LogP contribution in [0.5, 0.6) is 0 Å². The average molecular weight is 238 g/mol. The zero-order valence-corrected chi connectivity index (χ0v) is 11.2. The molecule has 17 heavy (non-hydrogen) atoms. The predicted octanol–water partition coefficient (Wildman–Crippen LogP) is 2.07. The minimum atomic E-state index is 0.0663. The molecule has 2 aliphatic rings. The van der Waals surface area contributed by atoms with Gasteiger partial charge < -0.3 is 10.6 Å². The fourth-order valence-electron chi connectivity index (χ4n) is 2.96. The van der Waals surface area contributed by atoms with Crippen molar-refractivity contribution in [1.82, 2.24) is 10.6 Å². The number of amides is 1. The summed E-state index contributed by atoms with van der Waals surface area (Å²) >= 11 is 0. The lowest BCUT2D eigenvalue weighted by molar-refractivity contribution is -0.124. The van der Waals surface area contributed by atoms with E-state index in [9.17, 15) is 4.79 Å². The summed E-state index contributed by atoms with van der Waals surface area (Å²) < 4.78 is 0. The zero-order chi connectivity index (χ0) is 12.3. The van der Waals surface area contributed by atoms with Crippen LogP contribution in [0.25, 0.3) is 0 Å². The number of rotatable bonds is 5. The Labute approximate surface area is 105 Å². The van der Waals surface area contributed by atoms with Gasteiger partial charge in [-0.3, -0.25) is 4.79 Å². The fraction of sp³-hybridized carbons (Fsp3) is 0.929. The second-order valence-electron chi connectivity index (χ2n) is 5.70. The van der Waals surface area contributed by atoms with Crippen LogP contribution in [0.2, 0.25) is 0 Å². The van der Waals surface area contributed by atoms with Gasteiger partial charge in [0, 0.05) is 6.04 Å². The summed E-state index contributed by atoms with van der Waals surface area (Å²) in [6.07, 6.45) is 7.14. The Morgan fingerprint density at radius 3 is 2.88 bits per heavy atom. The summed E-state index contributed by atoms with van der Waals surface area (Å²) in [6.45, 7) is 5.44. The van der Waals surface area contributed by atoms with Crippen LogP contribution in [0.1, 0.15) is 52.4 Å². The van der Waals surface area contributed by atoms with E-state index in [2.05, 4.69) is 24.5 Å². The number of nitrogens with one attached hydrogen (secondary N) is 2. The van der Waals surface area contributed by atoms with Crippen LogP contribution in [-0.4, -0.2) is 24.5 Å². The van der Waals surface area contributed by atoms with Crippen LogP contribution >= 0.6 is 0 Å². The topological polar surface area (TPSA) is 41.1 Å². The van der Waals surface area contributed by atoms with Crippen molar-refractivity contribution < 1.29 is 4.79 Å². The van der Waals surface area contributed by atoms with Gasteiger partial charge in [-0.15, -0.1) is 0 Å². The SMILES string of the molecule is CCCC1CC1NC(=O)C1CC(CC)CCN1. The van der Waals surface area contributed by atoms with Gasteiger partial charge in [-0.05, 0) is 44.1 Å². The fourth-order valence-corrected chi connectivity index (χ4v) is 2.96. The molecular weight excluding hydrogens is 212 g/mol. The van der Waals surface area contributed by atoms with Crippen molar-refractivity contribution >= 4 is 5.91 Å². The first-order valence-electron chi connectivity index (χ1n) is 7.28. The molecule has 1 saturated carbocycles. The Morgan fingerprint density at radius 1 is 1.35 bits per heavy atom. The normalized spacial score (nSPS) is 36.6. The van der Waals surface area contributed by atoms with Crippen molar-refractivity contribution in [3.63, 3.8) is 0 Å². The van der Waals surface area contributed by atoms with Crippen LogP contribution in [0.15, 0.2) is 0 Å². The highest BCUT2D eigenvalue weighted by Crippen LogP contribution is 2.34. The Bertz CT molecular complexity index is 267. The lowest BCUT2D eigenvalue weighted by Crippen LogP contribution is -2.49. The second-order valence-corrected chi connectivity index (χ2v) is 5.70. The maximum Gasteiger partial charge on any atom is 0.237 e. The van der Waals surface area contributed by atoms with E-state index in [1.54, 1.807) is 0 Å². The van der Waals surface area contributed by atoms with E-state index in [1.165, 1.54) is 32.1 Å². The van der Waals surface area contributed by atoms with Crippen LogP contribution < -0.4 is 10.6 Å². The van der Waals surface area contributed by atoms with Gasteiger partial charge in [-0.2, -0.15) is 0 Å². The van der Waals surface area contributed by atoms with Gasteiger partial charge in [0.2, 0.25) is 5.91 Å². The first kappa shape index (κ1) is 12.9. The lowest BCUT2D eigenvalue weighted by atomic mass is 9.90. The number of piperidine rings is 1. The molecule has 0 radical (unpaired) electrons. The monoisotopic (exact) mass is 238 g/mol. The number of carbonyl (C=O) groups excluding carboxylic acids is 1. The Kier molecular flexibility index (Phi) is 4.43. The molecule has 1 saturated heterocycles. The van der Waals surface area contributed by atoms with E-state index in [0.717, 1.165) is 24.8 Å². The first-order chi connectivity index (χ1) is 8.24. The third-order valence-electron chi connectivity index (χ3n) is 4.32. The summed E-state index contributed by atoms with van der Waals surface area (Å²) in [7, 11) is 0. The highest BCUT2D eigenvalue weighted by Gasteiger charge is 2.38. The Morgan fingerprint density at radius 2 is 2.18 bits per heavy atom. The maximum absolute atomic E-state index is 12.1. The first-order valence-corrected chi connectivity index (χ1v) is 7.28. The number of hydrogen-bond donors (Lipinski definition) is 2. The van der Waals surface area contributed by atoms with Crippen LogP contribution in [0.4, 0.5) is 0 Å². The van der Waals surface area contributed by atoms with E-state index < -0.39 is 0 Å². The highest BCUT2D eigenvalue weighted by atomic mass is 16.2. The molecule has 1 amide bonds. The smallest absolute Gasteiger partial charge is 0.237 e. The summed E-state index contributed by atoms with van der Waals surface area (Å²) in [5.41, 5.74) is 0. The van der Waals surface area contributed by atoms with Crippen molar-refractivity contribution in [2.24, 2.45) is 11.8 Å². The van der Waals surface area contributed by atoms with E-state index in [1.807, 2.05) is 0 Å². The molecule has 0 bridgehead atoms. The van der Waals surface area contributed by atoms with Gasteiger partial charge in [-0.25, -0.2) is 0 Å². The average Bonchev–Trinajstić information content (AvgIpc) is 3.08. The molecule has 2 rings (SSSR count). The lowest BCUT2D eigenvalue weighted by Gasteiger charge is -2.28. The minimum absolute atomic E-state index is 0.0663. The molecule has 2 fully saturated rings. The van der Waals surface area contributed by atoms with Crippen LogP contribution in [0, 0.1) is 11.8 Å². The van der Waals surface area contributed by atoms with Gasteiger partial charge in [0.25, 0.3) is 0 Å². The second kappa shape index (κ2) is 5.85. The Hall–Kier alpha value is -0.570. The summed E-state index contributed by atoms with van der Waals surface area (Å²) in [4.78, 5) is 12.1. The molecule has 3 nitrogen and oxygen atoms in total. The predicted molar refractivity (Wildman–Crippen MR) is 69.8 cm³/mol. The van der Waals surface area contributed by atoms with Crippen molar-refractivity contribution in [2.75, 3.05) is 6.54 Å². The van der Waals surface area contributed by atoms with E-state index in [0.29, 0.717) is 6.04 Å². The van der Waals surface area contributed by atoms with Gasteiger partial charge in [-0.1, -0.05) is 26.7 Å². The van der Waals surface area contributed by atoms with Crippen LogP contribution in [0.3, 0.4) is 0 Å². The highest BCUT2D eigenvalue weighted by molar-refractivity contribution is 5.82. The standard InChI is InChI=1S/C14H26N2O/c1-3-5-11-9-12(11)16-14(17)13-8-10(4-2)6-7-15-13/h10-13,15H,3-9H2,1-2H3,(H,16,17). The largest absolute Gasteiger partial charge is 0.352 e. The van der Waals surface area contributed by atoms with Crippen molar-refractivity contribution in [2.45, 2.75) is 64.5 Å². The molecule has 0 aromatic rings. The molecule has 1 heterocycles.